The summed E-state index contributed by atoms with van der Waals surface area (Å²) in [7, 11) is 0. The molecule has 1 aromatic rings. The van der Waals surface area contributed by atoms with Crippen molar-refractivity contribution in [2.45, 2.75) is 33.6 Å². The lowest BCUT2D eigenvalue weighted by atomic mass is 10.1. The van der Waals surface area contributed by atoms with Crippen LogP contribution >= 0.6 is 15.9 Å². The Morgan fingerprint density at radius 3 is 2.71 bits per heavy atom. The number of carbonyl (C=O) groups excluding carboxylic acids is 1. The number of nitrogens with one attached hydrogen (secondary N) is 1. The molecular formula is C14H20BrNO. The number of rotatable bonds is 5. The highest BCUT2D eigenvalue weighted by molar-refractivity contribution is 9.10. The molecule has 0 atom stereocenters. The topological polar surface area (TPSA) is 29.1 Å². The molecular weight excluding hydrogens is 278 g/mol. The summed E-state index contributed by atoms with van der Waals surface area (Å²) in [5.74, 6) is 0.704. The minimum atomic E-state index is 0.00876. The van der Waals surface area contributed by atoms with Gasteiger partial charge in [-0.25, -0.2) is 0 Å². The van der Waals surface area contributed by atoms with Crippen molar-refractivity contribution in [3.05, 3.63) is 33.8 Å². The summed E-state index contributed by atoms with van der Waals surface area (Å²) in [5.41, 5.74) is 1.85. The van der Waals surface area contributed by atoms with Crippen LogP contribution in [-0.4, -0.2) is 12.5 Å². The maximum absolute atomic E-state index is 11.8. The third-order valence-corrected chi connectivity index (χ3v) is 3.53. The van der Waals surface area contributed by atoms with E-state index < -0.39 is 0 Å². The highest BCUT2D eigenvalue weighted by Gasteiger charge is 2.06. The summed E-state index contributed by atoms with van der Waals surface area (Å²) in [5, 5.41) is 2.94. The minimum absolute atomic E-state index is 0.00876. The van der Waals surface area contributed by atoms with E-state index >= 15 is 0 Å². The largest absolute Gasteiger partial charge is 0.352 e. The average molecular weight is 298 g/mol. The van der Waals surface area contributed by atoms with Crippen LogP contribution in [-0.2, 0) is 0 Å². The Hall–Kier alpha value is -0.830. The zero-order valence-electron chi connectivity index (χ0n) is 10.7. The fraction of sp³-hybridized carbons (Fsp3) is 0.500. The van der Waals surface area contributed by atoms with Crippen molar-refractivity contribution in [2.24, 2.45) is 5.92 Å². The normalized spacial score (nSPS) is 10.6. The fourth-order valence-electron chi connectivity index (χ4n) is 1.55. The molecule has 1 aromatic carbocycles. The summed E-state index contributed by atoms with van der Waals surface area (Å²) < 4.78 is 0.979. The molecule has 0 saturated carbocycles. The van der Waals surface area contributed by atoms with E-state index in [1.165, 1.54) is 0 Å². The Kier molecular flexibility index (Phi) is 5.69. The van der Waals surface area contributed by atoms with Gasteiger partial charge in [-0.05, 0) is 43.4 Å². The first-order chi connectivity index (χ1) is 8.00. The van der Waals surface area contributed by atoms with Gasteiger partial charge >= 0.3 is 0 Å². The maximum atomic E-state index is 11.8. The van der Waals surface area contributed by atoms with Gasteiger partial charge in [0.2, 0.25) is 0 Å². The van der Waals surface area contributed by atoms with E-state index in [1.54, 1.807) is 0 Å². The van der Waals surface area contributed by atoms with Crippen LogP contribution in [0.3, 0.4) is 0 Å². The van der Waals surface area contributed by atoms with E-state index in [-0.39, 0.29) is 5.91 Å². The Morgan fingerprint density at radius 1 is 1.41 bits per heavy atom. The van der Waals surface area contributed by atoms with Crippen LogP contribution in [0.4, 0.5) is 0 Å². The zero-order valence-corrected chi connectivity index (χ0v) is 12.3. The molecule has 3 heteroatoms. The molecule has 0 aliphatic rings. The summed E-state index contributed by atoms with van der Waals surface area (Å²) in [4.78, 5) is 11.8. The molecule has 94 valence electrons. The molecule has 0 unspecified atom stereocenters. The summed E-state index contributed by atoms with van der Waals surface area (Å²) in [6.45, 7) is 7.15. The van der Waals surface area contributed by atoms with E-state index in [0.717, 1.165) is 29.4 Å². The van der Waals surface area contributed by atoms with Gasteiger partial charge in [0, 0.05) is 16.6 Å². The lowest BCUT2D eigenvalue weighted by Crippen LogP contribution is -2.24. The molecule has 0 heterocycles. The number of aryl methyl sites for hydroxylation is 1. The van der Waals surface area contributed by atoms with Crippen molar-refractivity contribution in [3.8, 4) is 0 Å². The SMILES string of the molecule is Cc1ccc(C(=O)NCCCC(C)C)cc1Br. The third-order valence-electron chi connectivity index (χ3n) is 2.68. The van der Waals surface area contributed by atoms with Crippen LogP contribution in [0.1, 0.15) is 42.6 Å². The van der Waals surface area contributed by atoms with Crippen molar-refractivity contribution in [1.82, 2.24) is 5.32 Å². The van der Waals surface area contributed by atoms with Crippen LogP contribution in [0.2, 0.25) is 0 Å². The fourth-order valence-corrected chi connectivity index (χ4v) is 1.93. The molecule has 0 aliphatic carbocycles. The average Bonchev–Trinajstić information content (AvgIpc) is 2.27. The lowest BCUT2D eigenvalue weighted by molar-refractivity contribution is 0.0952. The van der Waals surface area contributed by atoms with Crippen molar-refractivity contribution < 1.29 is 4.79 Å². The van der Waals surface area contributed by atoms with E-state index in [9.17, 15) is 4.79 Å². The minimum Gasteiger partial charge on any atom is -0.352 e. The molecule has 0 spiro atoms. The van der Waals surface area contributed by atoms with Crippen LogP contribution < -0.4 is 5.32 Å². The zero-order chi connectivity index (χ0) is 12.8. The van der Waals surface area contributed by atoms with Gasteiger partial charge in [0.15, 0.2) is 0 Å². The predicted molar refractivity (Wildman–Crippen MR) is 75.3 cm³/mol. The number of benzene rings is 1. The van der Waals surface area contributed by atoms with Crippen LogP contribution in [0, 0.1) is 12.8 Å². The van der Waals surface area contributed by atoms with Crippen molar-refractivity contribution >= 4 is 21.8 Å². The molecule has 1 N–H and O–H groups in total. The summed E-state index contributed by atoms with van der Waals surface area (Å²) in [6, 6.07) is 5.68. The van der Waals surface area contributed by atoms with Gasteiger partial charge in [0.25, 0.3) is 5.91 Å². The van der Waals surface area contributed by atoms with Crippen molar-refractivity contribution in [2.75, 3.05) is 6.54 Å². The van der Waals surface area contributed by atoms with E-state index in [2.05, 4.69) is 35.1 Å². The second-order valence-electron chi connectivity index (χ2n) is 4.76. The van der Waals surface area contributed by atoms with Gasteiger partial charge in [0.05, 0.1) is 0 Å². The number of halogens is 1. The van der Waals surface area contributed by atoms with Crippen molar-refractivity contribution in [1.29, 1.82) is 0 Å². The molecule has 0 saturated heterocycles. The number of carbonyl (C=O) groups is 1. The molecule has 0 aromatic heterocycles. The van der Waals surface area contributed by atoms with Crippen LogP contribution in [0.25, 0.3) is 0 Å². The molecule has 1 amide bonds. The number of hydrogen-bond donors (Lipinski definition) is 1. The first-order valence-corrected chi connectivity index (χ1v) is 6.84. The van der Waals surface area contributed by atoms with E-state index in [0.29, 0.717) is 11.5 Å². The molecule has 0 aliphatic heterocycles. The van der Waals surface area contributed by atoms with Gasteiger partial charge in [-0.3, -0.25) is 4.79 Å². The molecule has 17 heavy (non-hydrogen) atoms. The Morgan fingerprint density at radius 2 is 2.12 bits per heavy atom. The number of hydrogen-bond acceptors (Lipinski definition) is 1. The summed E-state index contributed by atoms with van der Waals surface area (Å²) in [6.07, 6.45) is 2.19. The van der Waals surface area contributed by atoms with Gasteiger partial charge < -0.3 is 5.32 Å². The Labute approximate surface area is 112 Å². The standard InChI is InChI=1S/C14H20BrNO/c1-10(2)5-4-8-16-14(17)12-7-6-11(3)13(15)9-12/h6-7,9-10H,4-5,8H2,1-3H3,(H,16,17). The second kappa shape index (κ2) is 6.80. The quantitative estimate of drug-likeness (QED) is 0.820. The van der Waals surface area contributed by atoms with Gasteiger partial charge in [0.1, 0.15) is 0 Å². The Bertz CT molecular complexity index is 388. The van der Waals surface area contributed by atoms with Crippen LogP contribution in [0.15, 0.2) is 22.7 Å². The molecule has 2 nitrogen and oxygen atoms in total. The first kappa shape index (κ1) is 14.2. The summed E-state index contributed by atoms with van der Waals surface area (Å²) >= 11 is 3.44. The number of amides is 1. The van der Waals surface area contributed by atoms with Gasteiger partial charge in [-0.2, -0.15) is 0 Å². The van der Waals surface area contributed by atoms with Crippen molar-refractivity contribution in [3.63, 3.8) is 0 Å². The lowest BCUT2D eigenvalue weighted by Gasteiger charge is -2.07. The third kappa shape index (κ3) is 4.90. The molecule has 0 bridgehead atoms. The molecule has 1 rings (SSSR count). The maximum Gasteiger partial charge on any atom is 0.251 e. The van der Waals surface area contributed by atoms with E-state index in [1.807, 2.05) is 25.1 Å². The highest BCUT2D eigenvalue weighted by Crippen LogP contribution is 2.17. The monoisotopic (exact) mass is 297 g/mol. The van der Waals surface area contributed by atoms with Gasteiger partial charge in [-0.15, -0.1) is 0 Å². The first-order valence-electron chi connectivity index (χ1n) is 6.05. The predicted octanol–water partition coefficient (Wildman–Crippen LogP) is 3.92. The Balaban J connectivity index is 2.44. The van der Waals surface area contributed by atoms with E-state index in [4.69, 9.17) is 0 Å². The molecule has 0 fully saturated rings. The second-order valence-corrected chi connectivity index (χ2v) is 5.61. The van der Waals surface area contributed by atoms with Gasteiger partial charge in [-0.1, -0.05) is 35.8 Å². The van der Waals surface area contributed by atoms with Crippen LogP contribution in [0.5, 0.6) is 0 Å². The highest BCUT2D eigenvalue weighted by atomic mass is 79.9. The molecule has 0 radical (unpaired) electrons. The smallest absolute Gasteiger partial charge is 0.251 e.